The Balaban J connectivity index is 1.20. The highest BCUT2D eigenvalue weighted by Gasteiger charge is 2.64. The third-order valence-electron chi connectivity index (χ3n) is 7.12. The van der Waals surface area contributed by atoms with Gasteiger partial charge >= 0.3 is 0 Å². The summed E-state index contributed by atoms with van der Waals surface area (Å²) in [4.78, 5) is 4.53. The van der Waals surface area contributed by atoms with Crippen molar-refractivity contribution in [3.8, 4) is 5.75 Å². The van der Waals surface area contributed by atoms with Crippen LogP contribution in [0.2, 0.25) is 0 Å². The van der Waals surface area contributed by atoms with Crippen molar-refractivity contribution in [3.63, 3.8) is 0 Å². The van der Waals surface area contributed by atoms with E-state index in [1.807, 2.05) is 37.5 Å². The molecular formula is C23H24F2N4O2. The molecule has 1 spiro atoms. The Morgan fingerprint density at radius 3 is 3.03 bits per heavy atom. The molecule has 8 heteroatoms. The Labute approximate surface area is 178 Å². The van der Waals surface area contributed by atoms with Gasteiger partial charge in [-0.3, -0.25) is 4.98 Å². The van der Waals surface area contributed by atoms with Gasteiger partial charge in [-0.15, -0.1) is 5.10 Å². The maximum absolute atomic E-state index is 13.7. The zero-order valence-corrected chi connectivity index (χ0v) is 17.4. The van der Waals surface area contributed by atoms with Crippen molar-refractivity contribution in [2.24, 2.45) is 5.41 Å². The first kappa shape index (κ1) is 19.1. The van der Waals surface area contributed by atoms with Crippen LogP contribution >= 0.6 is 0 Å². The molecule has 2 unspecified atom stereocenters. The average molecular weight is 426 g/mol. The van der Waals surface area contributed by atoms with Crippen LogP contribution in [-0.4, -0.2) is 32.5 Å². The smallest absolute Gasteiger partial charge is 0.248 e. The van der Waals surface area contributed by atoms with Gasteiger partial charge in [0.1, 0.15) is 17.5 Å². The predicted molar refractivity (Wildman–Crippen MR) is 109 cm³/mol. The Bertz CT molecular complexity index is 1160. The second kappa shape index (κ2) is 6.69. The van der Waals surface area contributed by atoms with Gasteiger partial charge in [-0.1, -0.05) is 5.21 Å². The lowest BCUT2D eigenvalue weighted by Crippen LogP contribution is -2.12. The first-order valence-corrected chi connectivity index (χ1v) is 10.9. The number of alkyl halides is 2. The Morgan fingerprint density at radius 2 is 2.19 bits per heavy atom. The number of hydrogen-bond donors (Lipinski definition) is 0. The van der Waals surface area contributed by atoms with Gasteiger partial charge < -0.3 is 9.47 Å². The van der Waals surface area contributed by atoms with E-state index >= 15 is 0 Å². The molecule has 0 N–H and O–H groups in total. The highest BCUT2D eigenvalue weighted by atomic mass is 19.3. The second-order valence-corrected chi connectivity index (χ2v) is 9.24. The second-order valence-electron chi connectivity index (χ2n) is 9.24. The lowest BCUT2D eigenvalue weighted by molar-refractivity contribution is 0.00280. The number of nitrogens with zero attached hydrogens (tertiary/aromatic N) is 4. The number of rotatable bonds is 4. The van der Waals surface area contributed by atoms with Crippen molar-refractivity contribution in [1.82, 2.24) is 20.0 Å². The summed E-state index contributed by atoms with van der Waals surface area (Å²) < 4.78 is 40.8. The third-order valence-corrected chi connectivity index (χ3v) is 7.12. The van der Waals surface area contributed by atoms with Crippen molar-refractivity contribution >= 4 is 10.9 Å². The van der Waals surface area contributed by atoms with E-state index in [1.165, 1.54) is 5.56 Å². The van der Waals surface area contributed by atoms with Crippen LogP contribution in [0, 0.1) is 5.41 Å². The molecule has 2 aromatic heterocycles. The fourth-order valence-electron chi connectivity index (χ4n) is 5.29. The number of aromatic nitrogens is 4. The van der Waals surface area contributed by atoms with E-state index in [1.54, 1.807) is 4.68 Å². The van der Waals surface area contributed by atoms with E-state index in [2.05, 4.69) is 15.3 Å². The summed E-state index contributed by atoms with van der Waals surface area (Å²) in [6.45, 7) is 3.24. The van der Waals surface area contributed by atoms with E-state index in [9.17, 15) is 8.78 Å². The standard InChI is InChI=1S/C23H24F2N4O2/c1-14(20-11-29(28-27-20)21-9-22(21)5-6-23(24,25)13-22)31-16-2-3-19-18(8-16)17-4-7-30-12-15(17)10-26-19/h2-3,8,10-11,14,21H,4-7,9,12-13H2,1H3/t14-,21?,22?/m1/s1. The number of fused-ring (bicyclic) bond motifs is 3. The van der Waals surface area contributed by atoms with Crippen LogP contribution in [0.25, 0.3) is 10.9 Å². The maximum atomic E-state index is 13.7. The monoisotopic (exact) mass is 426 g/mol. The molecule has 3 aliphatic rings. The van der Waals surface area contributed by atoms with E-state index in [0.717, 1.165) is 35.1 Å². The number of benzene rings is 1. The molecular weight excluding hydrogens is 402 g/mol. The summed E-state index contributed by atoms with van der Waals surface area (Å²) in [5.41, 5.74) is 3.75. The summed E-state index contributed by atoms with van der Waals surface area (Å²) in [5.74, 6) is -1.79. The summed E-state index contributed by atoms with van der Waals surface area (Å²) in [5, 5.41) is 9.60. The van der Waals surface area contributed by atoms with E-state index in [-0.39, 0.29) is 30.4 Å². The summed E-state index contributed by atoms with van der Waals surface area (Å²) in [6.07, 6.45) is 5.57. The van der Waals surface area contributed by atoms with Crippen LogP contribution in [0.3, 0.4) is 0 Å². The lowest BCUT2D eigenvalue weighted by atomic mass is 10.00. The van der Waals surface area contributed by atoms with Crippen LogP contribution in [0.4, 0.5) is 8.78 Å². The van der Waals surface area contributed by atoms with E-state index in [0.29, 0.717) is 25.3 Å². The molecule has 31 heavy (non-hydrogen) atoms. The Morgan fingerprint density at radius 1 is 1.29 bits per heavy atom. The molecule has 1 aromatic carbocycles. The molecule has 0 saturated heterocycles. The normalized spacial score (nSPS) is 27.4. The van der Waals surface area contributed by atoms with Crippen LogP contribution in [0.1, 0.15) is 61.6 Å². The van der Waals surface area contributed by atoms with Gasteiger partial charge in [0.15, 0.2) is 0 Å². The average Bonchev–Trinajstić information content (AvgIpc) is 3.09. The summed E-state index contributed by atoms with van der Waals surface area (Å²) in [6, 6.07) is 5.94. The molecule has 0 radical (unpaired) electrons. The van der Waals surface area contributed by atoms with Crippen LogP contribution in [0.5, 0.6) is 5.75 Å². The molecule has 2 fully saturated rings. The molecule has 3 heterocycles. The minimum atomic E-state index is -2.54. The van der Waals surface area contributed by atoms with Gasteiger partial charge in [-0.25, -0.2) is 13.5 Å². The Hall–Kier alpha value is -2.61. The first-order chi connectivity index (χ1) is 14.9. The molecule has 6 nitrogen and oxygen atoms in total. The van der Waals surface area contributed by atoms with Crippen molar-refractivity contribution in [2.45, 2.75) is 63.7 Å². The fourth-order valence-corrected chi connectivity index (χ4v) is 5.29. The van der Waals surface area contributed by atoms with Crippen LogP contribution in [0.15, 0.2) is 30.6 Å². The number of pyridine rings is 1. The van der Waals surface area contributed by atoms with Gasteiger partial charge in [0, 0.05) is 29.8 Å². The molecule has 3 aromatic rings. The van der Waals surface area contributed by atoms with Crippen LogP contribution in [-0.2, 0) is 17.8 Å². The van der Waals surface area contributed by atoms with Gasteiger partial charge in [-0.05, 0) is 55.5 Å². The third kappa shape index (κ3) is 3.28. The largest absolute Gasteiger partial charge is 0.484 e. The van der Waals surface area contributed by atoms with Gasteiger partial charge in [-0.2, -0.15) is 0 Å². The van der Waals surface area contributed by atoms with Crippen molar-refractivity contribution in [1.29, 1.82) is 0 Å². The molecule has 3 atom stereocenters. The number of halogens is 2. The zero-order valence-electron chi connectivity index (χ0n) is 17.4. The van der Waals surface area contributed by atoms with Crippen molar-refractivity contribution in [3.05, 3.63) is 47.4 Å². The predicted octanol–water partition coefficient (Wildman–Crippen LogP) is 4.79. The van der Waals surface area contributed by atoms with E-state index < -0.39 is 5.92 Å². The number of hydrogen-bond acceptors (Lipinski definition) is 5. The molecule has 1 aliphatic heterocycles. The highest BCUT2D eigenvalue weighted by Crippen LogP contribution is 2.68. The molecule has 0 amide bonds. The fraction of sp³-hybridized carbons (Fsp3) is 0.522. The summed E-state index contributed by atoms with van der Waals surface area (Å²) in [7, 11) is 0. The zero-order chi connectivity index (χ0) is 21.2. The highest BCUT2D eigenvalue weighted by molar-refractivity contribution is 5.84. The minimum absolute atomic E-state index is 0.0167. The maximum Gasteiger partial charge on any atom is 0.248 e. The molecule has 0 bridgehead atoms. The topological polar surface area (TPSA) is 62.1 Å². The minimum Gasteiger partial charge on any atom is -0.484 e. The molecule has 162 valence electrons. The molecule has 6 rings (SSSR count). The molecule has 2 aliphatic carbocycles. The van der Waals surface area contributed by atoms with Crippen molar-refractivity contribution < 1.29 is 18.3 Å². The van der Waals surface area contributed by atoms with Gasteiger partial charge in [0.05, 0.1) is 31.0 Å². The van der Waals surface area contributed by atoms with Crippen molar-refractivity contribution in [2.75, 3.05) is 6.61 Å². The quantitative estimate of drug-likeness (QED) is 0.600. The number of ether oxygens (including phenoxy) is 2. The van der Waals surface area contributed by atoms with Gasteiger partial charge in [0.25, 0.3) is 0 Å². The molecule has 2 saturated carbocycles. The first-order valence-electron chi connectivity index (χ1n) is 10.9. The Kier molecular flexibility index (Phi) is 4.12. The van der Waals surface area contributed by atoms with Crippen LogP contribution < -0.4 is 4.74 Å². The lowest BCUT2D eigenvalue weighted by Gasteiger charge is -2.19. The SMILES string of the molecule is C[C@@H](Oc1ccc2ncc3c(c2c1)CCOC3)c1cn(C2CC23CCC(F)(F)C3)nn1. The van der Waals surface area contributed by atoms with Gasteiger partial charge in [0.2, 0.25) is 5.92 Å². The van der Waals surface area contributed by atoms with E-state index in [4.69, 9.17) is 9.47 Å². The summed E-state index contributed by atoms with van der Waals surface area (Å²) >= 11 is 0.